The first-order chi connectivity index (χ1) is 8.04. The second-order valence-electron chi connectivity index (χ2n) is 3.88. The van der Waals surface area contributed by atoms with E-state index < -0.39 is 0 Å². The van der Waals surface area contributed by atoms with Crippen molar-refractivity contribution in [3.05, 3.63) is 28.8 Å². The maximum Gasteiger partial charge on any atom is 0.106 e. The monoisotopic (exact) mass is 288 g/mol. The average Bonchev–Trinajstić information content (AvgIpc) is 2.28. The van der Waals surface area contributed by atoms with Crippen LogP contribution in [0.4, 0.5) is 5.69 Å². The van der Waals surface area contributed by atoms with Gasteiger partial charge in [-0.25, -0.2) is 0 Å². The Hall–Kier alpha value is -0.450. The molecule has 0 amide bonds. The summed E-state index contributed by atoms with van der Waals surface area (Å²) in [5.74, 6) is 1.13. The van der Waals surface area contributed by atoms with Crippen LogP contribution >= 0.6 is 35.6 Å². The van der Waals surface area contributed by atoms with Gasteiger partial charge in [0.1, 0.15) is 4.99 Å². The van der Waals surface area contributed by atoms with Crippen molar-refractivity contribution in [2.75, 3.05) is 17.3 Å². The molecular formula is C12H17ClN2S2. The Morgan fingerprint density at radius 2 is 2.29 bits per heavy atom. The minimum absolute atomic E-state index is 0.368. The predicted octanol–water partition coefficient (Wildman–Crippen LogP) is 3.53. The van der Waals surface area contributed by atoms with Crippen LogP contribution in [0.1, 0.15) is 18.9 Å². The van der Waals surface area contributed by atoms with Crippen molar-refractivity contribution in [2.24, 2.45) is 5.73 Å². The summed E-state index contributed by atoms with van der Waals surface area (Å²) in [4.78, 5) is 0.368. The second kappa shape index (κ2) is 7.09. The molecule has 5 heteroatoms. The second-order valence-corrected chi connectivity index (χ2v) is 5.74. The van der Waals surface area contributed by atoms with Crippen molar-refractivity contribution < 1.29 is 0 Å². The van der Waals surface area contributed by atoms with E-state index in [2.05, 4.69) is 18.5 Å². The predicted molar refractivity (Wildman–Crippen MR) is 83.4 cm³/mol. The van der Waals surface area contributed by atoms with Crippen molar-refractivity contribution in [3.63, 3.8) is 0 Å². The molecule has 0 fully saturated rings. The number of anilines is 1. The summed E-state index contributed by atoms with van der Waals surface area (Å²) in [7, 11) is 0. The van der Waals surface area contributed by atoms with Gasteiger partial charge in [0, 0.05) is 22.3 Å². The van der Waals surface area contributed by atoms with Crippen LogP contribution in [0.15, 0.2) is 18.2 Å². The van der Waals surface area contributed by atoms with Gasteiger partial charge in [0.15, 0.2) is 0 Å². The fraction of sp³-hybridized carbons (Fsp3) is 0.417. The van der Waals surface area contributed by atoms with Crippen LogP contribution in [-0.4, -0.2) is 23.0 Å². The van der Waals surface area contributed by atoms with E-state index in [-0.39, 0.29) is 0 Å². The molecule has 1 unspecified atom stereocenters. The van der Waals surface area contributed by atoms with E-state index in [1.165, 1.54) is 0 Å². The maximum absolute atomic E-state index is 5.93. The van der Waals surface area contributed by atoms with Crippen LogP contribution in [0.25, 0.3) is 0 Å². The summed E-state index contributed by atoms with van der Waals surface area (Å²) in [6.45, 7) is 2.15. The van der Waals surface area contributed by atoms with Crippen LogP contribution in [0.2, 0.25) is 5.02 Å². The summed E-state index contributed by atoms with van der Waals surface area (Å²) >= 11 is 12.8. The molecule has 17 heavy (non-hydrogen) atoms. The van der Waals surface area contributed by atoms with Crippen molar-refractivity contribution in [1.29, 1.82) is 0 Å². The molecule has 0 aliphatic carbocycles. The Kier molecular flexibility index (Phi) is 6.09. The molecule has 0 spiro atoms. The van der Waals surface area contributed by atoms with Gasteiger partial charge in [0.25, 0.3) is 0 Å². The van der Waals surface area contributed by atoms with Gasteiger partial charge in [-0.05, 0) is 43.6 Å². The maximum atomic E-state index is 5.93. The first kappa shape index (κ1) is 14.6. The lowest BCUT2D eigenvalue weighted by Gasteiger charge is -2.17. The van der Waals surface area contributed by atoms with Crippen LogP contribution in [0, 0.1) is 0 Å². The van der Waals surface area contributed by atoms with Gasteiger partial charge in [-0.1, -0.05) is 23.8 Å². The summed E-state index contributed by atoms with van der Waals surface area (Å²) < 4.78 is 0. The zero-order valence-corrected chi connectivity index (χ0v) is 12.4. The molecule has 0 radical (unpaired) electrons. The SMILES string of the molecule is CSCCC(C)Nc1ccc(Cl)cc1C(N)=S. The number of hydrogen-bond donors (Lipinski definition) is 2. The first-order valence-electron chi connectivity index (χ1n) is 5.39. The van der Waals surface area contributed by atoms with Crippen LogP contribution in [-0.2, 0) is 0 Å². The van der Waals surface area contributed by atoms with E-state index in [9.17, 15) is 0 Å². The van der Waals surface area contributed by atoms with E-state index in [1.807, 2.05) is 23.9 Å². The Balaban J connectivity index is 2.79. The fourth-order valence-electron chi connectivity index (χ4n) is 1.48. The molecule has 94 valence electrons. The third-order valence-corrected chi connectivity index (χ3v) is 3.50. The number of benzene rings is 1. The molecule has 0 aliphatic rings. The van der Waals surface area contributed by atoms with Crippen molar-refractivity contribution in [2.45, 2.75) is 19.4 Å². The Morgan fingerprint density at radius 3 is 2.88 bits per heavy atom. The lowest BCUT2D eigenvalue weighted by molar-refractivity contribution is 0.772. The topological polar surface area (TPSA) is 38.0 Å². The molecule has 0 aromatic heterocycles. The number of nitrogens with two attached hydrogens (primary N) is 1. The zero-order chi connectivity index (χ0) is 12.8. The highest BCUT2D eigenvalue weighted by Gasteiger charge is 2.08. The first-order valence-corrected chi connectivity index (χ1v) is 7.57. The molecule has 1 atom stereocenters. The van der Waals surface area contributed by atoms with E-state index in [4.69, 9.17) is 29.6 Å². The third kappa shape index (κ3) is 4.74. The van der Waals surface area contributed by atoms with Gasteiger partial charge in [0.05, 0.1) is 0 Å². The smallest absolute Gasteiger partial charge is 0.106 e. The highest BCUT2D eigenvalue weighted by Crippen LogP contribution is 2.22. The molecule has 0 saturated carbocycles. The normalized spacial score (nSPS) is 12.2. The number of rotatable bonds is 6. The Morgan fingerprint density at radius 1 is 1.59 bits per heavy atom. The molecule has 1 rings (SSSR count). The molecule has 0 heterocycles. The Labute approximate surface area is 117 Å². The lowest BCUT2D eigenvalue weighted by Crippen LogP contribution is -2.20. The quantitative estimate of drug-likeness (QED) is 0.786. The number of thiocarbonyl (C=S) groups is 1. The minimum atomic E-state index is 0.368. The molecule has 1 aromatic carbocycles. The van der Waals surface area contributed by atoms with Crippen LogP contribution < -0.4 is 11.1 Å². The molecule has 3 N–H and O–H groups in total. The molecular weight excluding hydrogens is 272 g/mol. The van der Waals surface area contributed by atoms with E-state index in [0.29, 0.717) is 16.1 Å². The van der Waals surface area contributed by atoms with Gasteiger partial charge in [-0.15, -0.1) is 0 Å². The number of thioether (sulfide) groups is 1. The Bertz CT molecular complexity index is 396. The van der Waals surface area contributed by atoms with E-state index >= 15 is 0 Å². The molecule has 0 bridgehead atoms. The molecule has 0 aliphatic heterocycles. The lowest BCUT2D eigenvalue weighted by atomic mass is 10.1. The standard InChI is InChI=1S/C12H17ClN2S2/c1-8(5-6-17-2)15-11-4-3-9(13)7-10(11)12(14)16/h3-4,7-8,15H,5-6H2,1-2H3,(H2,14,16). The zero-order valence-electron chi connectivity index (χ0n) is 10.00. The molecule has 0 saturated heterocycles. The van der Waals surface area contributed by atoms with Crippen molar-refractivity contribution in [3.8, 4) is 0 Å². The summed E-state index contributed by atoms with van der Waals surface area (Å²) in [6.07, 6.45) is 3.20. The largest absolute Gasteiger partial charge is 0.389 e. The van der Waals surface area contributed by atoms with Crippen LogP contribution in [0.3, 0.4) is 0 Å². The molecule has 2 nitrogen and oxygen atoms in total. The fourth-order valence-corrected chi connectivity index (χ4v) is 2.41. The van der Waals surface area contributed by atoms with Gasteiger partial charge >= 0.3 is 0 Å². The van der Waals surface area contributed by atoms with Crippen molar-refractivity contribution in [1.82, 2.24) is 0 Å². The highest BCUT2D eigenvalue weighted by molar-refractivity contribution is 7.98. The van der Waals surface area contributed by atoms with Gasteiger partial charge in [-0.2, -0.15) is 11.8 Å². The summed E-state index contributed by atoms with van der Waals surface area (Å²) in [5, 5.41) is 4.06. The minimum Gasteiger partial charge on any atom is -0.389 e. The summed E-state index contributed by atoms with van der Waals surface area (Å²) in [6, 6.07) is 5.95. The van der Waals surface area contributed by atoms with E-state index in [0.717, 1.165) is 23.4 Å². The number of nitrogens with one attached hydrogen (secondary N) is 1. The van der Waals surface area contributed by atoms with Gasteiger partial charge in [0.2, 0.25) is 0 Å². The molecule has 1 aromatic rings. The van der Waals surface area contributed by atoms with Crippen LogP contribution in [0.5, 0.6) is 0 Å². The average molecular weight is 289 g/mol. The van der Waals surface area contributed by atoms with Gasteiger partial charge < -0.3 is 11.1 Å². The van der Waals surface area contributed by atoms with E-state index in [1.54, 1.807) is 6.07 Å². The third-order valence-electron chi connectivity index (χ3n) is 2.40. The highest BCUT2D eigenvalue weighted by atomic mass is 35.5. The number of halogens is 1. The number of hydrogen-bond acceptors (Lipinski definition) is 3. The van der Waals surface area contributed by atoms with Gasteiger partial charge in [-0.3, -0.25) is 0 Å². The van der Waals surface area contributed by atoms with Crippen molar-refractivity contribution >= 4 is 46.3 Å². The summed E-state index contributed by atoms with van der Waals surface area (Å²) in [5.41, 5.74) is 7.45.